The Morgan fingerprint density at radius 3 is 2.65 bits per heavy atom. The molecular formula is C17H26ClNO. The number of hydrogen-bond acceptors (Lipinski definition) is 1. The molecule has 0 bridgehead atoms. The highest BCUT2D eigenvalue weighted by molar-refractivity contribution is 6.32. The molecule has 0 saturated heterocycles. The van der Waals surface area contributed by atoms with E-state index in [-0.39, 0.29) is 17.4 Å². The molecule has 2 nitrogen and oxygen atoms in total. The fraction of sp³-hybridized carbons (Fsp3) is 0.706. The number of carbonyl (C=O) groups is 1. The molecule has 0 N–H and O–H groups in total. The zero-order valence-electron chi connectivity index (χ0n) is 13.2. The Hall–Kier alpha value is -0.940. The van der Waals surface area contributed by atoms with Crippen molar-refractivity contribution in [2.45, 2.75) is 58.9 Å². The van der Waals surface area contributed by atoms with Crippen molar-refractivity contribution < 1.29 is 4.79 Å². The minimum Gasteiger partial charge on any atom is -0.328 e. The van der Waals surface area contributed by atoms with Crippen LogP contribution in [0.5, 0.6) is 0 Å². The van der Waals surface area contributed by atoms with Crippen LogP contribution in [0, 0.1) is 23.7 Å². The molecule has 0 fully saturated rings. The van der Waals surface area contributed by atoms with Gasteiger partial charge in [0, 0.05) is 6.04 Å². The molecule has 0 heterocycles. The van der Waals surface area contributed by atoms with Crippen LogP contribution < -0.4 is 0 Å². The molecule has 112 valence electrons. The van der Waals surface area contributed by atoms with Gasteiger partial charge in [0.2, 0.25) is 5.91 Å². The smallest absolute Gasteiger partial charge is 0.245 e. The van der Waals surface area contributed by atoms with E-state index in [1.165, 1.54) is 0 Å². The maximum absolute atomic E-state index is 12.5. The van der Waals surface area contributed by atoms with Crippen LogP contribution in [-0.2, 0) is 4.79 Å². The number of terminal acetylenes is 1. The van der Waals surface area contributed by atoms with Gasteiger partial charge in [0.15, 0.2) is 0 Å². The Kier molecular flexibility index (Phi) is 5.71. The highest BCUT2D eigenvalue weighted by atomic mass is 35.5. The van der Waals surface area contributed by atoms with Crippen molar-refractivity contribution in [3.05, 3.63) is 11.6 Å². The van der Waals surface area contributed by atoms with Crippen molar-refractivity contribution in [1.82, 2.24) is 4.90 Å². The van der Waals surface area contributed by atoms with Crippen molar-refractivity contribution >= 4 is 17.5 Å². The van der Waals surface area contributed by atoms with E-state index in [1.54, 1.807) is 4.90 Å². The average Bonchev–Trinajstić information content (AvgIpc) is 2.31. The Morgan fingerprint density at radius 1 is 1.60 bits per heavy atom. The lowest BCUT2D eigenvalue weighted by molar-refractivity contribution is -0.131. The van der Waals surface area contributed by atoms with Gasteiger partial charge >= 0.3 is 0 Å². The number of amides is 1. The Bertz CT molecular complexity index is 431. The maximum atomic E-state index is 12.5. The van der Waals surface area contributed by atoms with Gasteiger partial charge in [0.1, 0.15) is 5.38 Å². The first kappa shape index (κ1) is 17.1. The molecule has 0 spiro atoms. The summed E-state index contributed by atoms with van der Waals surface area (Å²) in [6.45, 7) is 10.9. The van der Waals surface area contributed by atoms with E-state index in [2.05, 4.69) is 32.8 Å². The summed E-state index contributed by atoms with van der Waals surface area (Å²) in [6, 6.07) is 0.0643. The van der Waals surface area contributed by atoms with Gasteiger partial charge in [0.05, 0.1) is 6.54 Å². The summed E-state index contributed by atoms with van der Waals surface area (Å²) in [6.07, 6.45) is 9.51. The van der Waals surface area contributed by atoms with Gasteiger partial charge in [-0.05, 0) is 43.6 Å². The molecule has 3 heteroatoms. The number of carbonyl (C=O) groups excluding carboxylic acids is 1. The van der Waals surface area contributed by atoms with Gasteiger partial charge in [-0.3, -0.25) is 4.79 Å². The molecule has 0 radical (unpaired) electrons. The average molecular weight is 296 g/mol. The summed E-state index contributed by atoms with van der Waals surface area (Å²) >= 11 is 6.45. The first-order valence-corrected chi connectivity index (χ1v) is 7.70. The van der Waals surface area contributed by atoms with E-state index in [4.69, 9.17) is 18.0 Å². The van der Waals surface area contributed by atoms with Gasteiger partial charge in [-0.25, -0.2) is 0 Å². The number of alkyl halides is 1. The number of rotatable bonds is 4. The summed E-state index contributed by atoms with van der Waals surface area (Å²) in [4.78, 5) is 14.2. The van der Waals surface area contributed by atoms with E-state index in [9.17, 15) is 4.79 Å². The molecular weight excluding hydrogens is 270 g/mol. The maximum Gasteiger partial charge on any atom is 0.245 e. The minimum absolute atomic E-state index is 0.0643. The molecule has 1 amide bonds. The van der Waals surface area contributed by atoms with Crippen LogP contribution >= 0.6 is 11.6 Å². The van der Waals surface area contributed by atoms with Gasteiger partial charge < -0.3 is 4.90 Å². The van der Waals surface area contributed by atoms with Gasteiger partial charge in [-0.2, -0.15) is 0 Å². The van der Waals surface area contributed by atoms with E-state index < -0.39 is 5.38 Å². The summed E-state index contributed by atoms with van der Waals surface area (Å²) in [5, 5.41) is -0.590. The van der Waals surface area contributed by atoms with Crippen molar-refractivity contribution in [2.75, 3.05) is 6.54 Å². The van der Waals surface area contributed by atoms with E-state index in [0.717, 1.165) is 18.4 Å². The number of halogens is 1. The second kappa shape index (κ2) is 6.68. The molecule has 0 aromatic rings. The summed E-state index contributed by atoms with van der Waals surface area (Å²) in [5.41, 5.74) is 1.24. The number of nitrogens with zero attached hydrogens (tertiary/aromatic N) is 1. The van der Waals surface area contributed by atoms with Gasteiger partial charge in [0.25, 0.3) is 0 Å². The van der Waals surface area contributed by atoms with Crippen LogP contribution in [0.1, 0.15) is 47.5 Å². The molecule has 1 aliphatic carbocycles. The standard InChI is InChI=1S/C17H26ClNO/c1-7-8-19(12(2)3)16(20)15(18)14-9-13(4)10-17(5,6)11-14/h1,9,12-13,15H,8,10-11H2,2-6H3. The van der Waals surface area contributed by atoms with Crippen LogP contribution in [0.4, 0.5) is 0 Å². The third-order valence-electron chi connectivity index (χ3n) is 3.77. The van der Waals surface area contributed by atoms with Crippen molar-refractivity contribution in [2.24, 2.45) is 11.3 Å². The lowest BCUT2D eigenvalue weighted by Crippen LogP contribution is -2.43. The zero-order valence-corrected chi connectivity index (χ0v) is 14.0. The second-order valence-corrected chi connectivity index (χ2v) is 7.33. The van der Waals surface area contributed by atoms with Crippen LogP contribution in [0.15, 0.2) is 11.6 Å². The number of hydrogen-bond donors (Lipinski definition) is 0. The third kappa shape index (κ3) is 4.28. The number of allylic oxidation sites excluding steroid dienone is 1. The fourth-order valence-electron chi connectivity index (χ4n) is 3.07. The van der Waals surface area contributed by atoms with Crippen LogP contribution in [0.3, 0.4) is 0 Å². The molecule has 0 aliphatic heterocycles. The fourth-order valence-corrected chi connectivity index (χ4v) is 3.35. The van der Waals surface area contributed by atoms with Crippen LogP contribution in [0.25, 0.3) is 0 Å². The van der Waals surface area contributed by atoms with Crippen molar-refractivity contribution in [3.63, 3.8) is 0 Å². The zero-order chi connectivity index (χ0) is 15.5. The molecule has 2 unspecified atom stereocenters. The normalized spacial score (nSPS) is 22.9. The van der Waals surface area contributed by atoms with E-state index in [1.807, 2.05) is 13.8 Å². The SMILES string of the molecule is C#CCN(C(=O)C(Cl)C1=CC(C)CC(C)(C)C1)C(C)C. The van der Waals surface area contributed by atoms with Crippen molar-refractivity contribution in [1.29, 1.82) is 0 Å². The van der Waals surface area contributed by atoms with E-state index in [0.29, 0.717) is 12.5 Å². The topological polar surface area (TPSA) is 20.3 Å². The first-order chi connectivity index (χ1) is 9.18. The van der Waals surface area contributed by atoms with Gasteiger partial charge in [-0.15, -0.1) is 18.0 Å². The second-order valence-electron chi connectivity index (χ2n) is 6.89. The Balaban J connectivity index is 2.91. The van der Waals surface area contributed by atoms with Crippen LogP contribution in [-0.4, -0.2) is 28.8 Å². The largest absolute Gasteiger partial charge is 0.328 e. The Morgan fingerprint density at radius 2 is 2.20 bits per heavy atom. The quantitative estimate of drug-likeness (QED) is 0.438. The highest BCUT2D eigenvalue weighted by Gasteiger charge is 2.34. The predicted octanol–water partition coefficient (Wildman–Crippen LogP) is 3.85. The third-order valence-corrected chi connectivity index (χ3v) is 4.23. The Labute approximate surface area is 128 Å². The molecule has 0 aromatic carbocycles. The molecule has 1 rings (SSSR count). The lowest BCUT2D eigenvalue weighted by Gasteiger charge is -2.36. The first-order valence-electron chi connectivity index (χ1n) is 7.26. The van der Waals surface area contributed by atoms with E-state index >= 15 is 0 Å². The summed E-state index contributed by atoms with van der Waals surface area (Å²) in [7, 11) is 0. The highest BCUT2D eigenvalue weighted by Crippen LogP contribution is 2.40. The minimum atomic E-state index is -0.590. The monoisotopic (exact) mass is 295 g/mol. The lowest BCUT2D eigenvalue weighted by atomic mass is 9.72. The van der Waals surface area contributed by atoms with Crippen molar-refractivity contribution in [3.8, 4) is 12.3 Å². The summed E-state index contributed by atoms with van der Waals surface area (Å²) < 4.78 is 0. The molecule has 0 aromatic heterocycles. The molecule has 1 aliphatic rings. The molecule has 20 heavy (non-hydrogen) atoms. The van der Waals surface area contributed by atoms with Crippen LogP contribution in [0.2, 0.25) is 0 Å². The summed E-state index contributed by atoms with van der Waals surface area (Å²) in [5.74, 6) is 2.93. The van der Waals surface area contributed by atoms with Gasteiger partial charge in [-0.1, -0.05) is 32.8 Å². The molecule has 0 saturated carbocycles. The molecule has 2 atom stereocenters. The predicted molar refractivity (Wildman–Crippen MR) is 85.6 cm³/mol.